The molecule has 0 aliphatic rings. The average molecular weight is 274 g/mol. The Bertz CT molecular complexity index is 432. The third-order valence-corrected chi connectivity index (χ3v) is 2.27. The lowest BCUT2D eigenvalue weighted by Crippen LogP contribution is -2.25. The molecule has 0 unspecified atom stereocenters. The summed E-state index contributed by atoms with van der Waals surface area (Å²) in [6, 6.07) is 4.87. The number of ether oxygens (including phenoxy) is 2. The lowest BCUT2D eigenvalue weighted by atomic mass is 10.1. The second-order valence-electron chi connectivity index (χ2n) is 4.18. The van der Waals surface area contributed by atoms with E-state index in [1.807, 2.05) is 13.8 Å². The topological polar surface area (TPSA) is 55.8 Å². The maximum atomic E-state index is 13.3. The van der Waals surface area contributed by atoms with Gasteiger partial charge in [-0.1, -0.05) is 12.1 Å². The van der Waals surface area contributed by atoms with E-state index < -0.39 is 17.5 Å². The van der Waals surface area contributed by atoms with E-state index >= 15 is 0 Å². The second kappa shape index (κ2) is 6.47. The van der Waals surface area contributed by atoms with E-state index in [2.05, 4.69) is 0 Å². The summed E-state index contributed by atoms with van der Waals surface area (Å²) >= 11 is 0. The van der Waals surface area contributed by atoms with Crippen molar-refractivity contribution in [3.05, 3.63) is 29.8 Å². The number of carbonyl (C=O) groups is 1. The molecule has 0 heterocycles. The first-order valence-electron chi connectivity index (χ1n) is 5.80. The lowest BCUT2D eigenvalue weighted by molar-refractivity contribution is -0.166. The fraction of sp³-hybridized carbons (Fsp3) is 0.462. The maximum absolute atomic E-state index is 13.3. The van der Waals surface area contributed by atoms with E-state index in [0.29, 0.717) is 6.61 Å². The normalized spacial score (nSPS) is 11.6. The first kappa shape index (κ1) is 15.4. The summed E-state index contributed by atoms with van der Waals surface area (Å²) in [6.45, 7) is 4.28. The fourth-order valence-corrected chi connectivity index (χ4v) is 1.35. The van der Waals surface area contributed by atoms with Crippen molar-refractivity contribution in [3.63, 3.8) is 0 Å². The van der Waals surface area contributed by atoms with E-state index in [9.17, 15) is 13.6 Å². The molecule has 4 nitrogen and oxygen atoms in total. The van der Waals surface area contributed by atoms with Crippen LogP contribution in [0.2, 0.25) is 0 Å². The van der Waals surface area contributed by atoms with Gasteiger partial charge in [-0.3, -0.25) is 0 Å². The molecule has 0 bridgehead atoms. The molecular formula is C13H16F2O4. The predicted octanol–water partition coefficient (Wildman–Crippen LogP) is 2.67. The van der Waals surface area contributed by atoms with Gasteiger partial charge < -0.3 is 14.6 Å². The molecule has 0 aliphatic heterocycles. The van der Waals surface area contributed by atoms with E-state index in [1.54, 1.807) is 0 Å². The number of halogens is 2. The molecule has 0 spiro atoms. The van der Waals surface area contributed by atoms with Gasteiger partial charge in [0.15, 0.2) is 0 Å². The molecule has 6 heteroatoms. The number of aliphatic carboxylic acids is 1. The largest absolute Gasteiger partial charge is 0.491 e. The highest BCUT2D eigenvalue weighted by atomic mass is 19.3. The zero-order valence-corrected chi connectivity index (χ0v) is 10.7. The molecule has 0 radical (unpaired) electrons. The quantitative estimate of drug-likeness (QED) is 0.777. The van der Waals surface area contributed by atoms with Crippen molar-refractivity contribution in [2.24, 2.45) is 0 Å². The first-order chi connectivity index (χ1) is 8.84. The van der Waals surface area contributed by atoms with Crippen LogP contribution in [0.5, 0.6) is 5.75 Å². The van der Waals surface area contributed by atoms with Crippen molar-refractivity contribution in [1.82, 2.24) is 0 Å². The summed E-state index contributed by atoms with van der Waals surface area (Å²) in [5, 5.41) is 8.45. The van der Waals surface area contributed by atoms with Crippen LogP contribution in [0.4, 0.5) is 8.78 Å². The minimum Gasteiger partial charge on any atom is -0.491 e. The molecule has 1 aromatic carbocycles. The highest BCUT2D eigenvalue weighted by molar-refractivity contribution is 5.77. The van der Waals surface area contributed by atoms with E-state index in [1.165, 1.54) is 12.1 Å². The number of rotatable bonds is 7. The van der Waals surface area contributed by atoms with Crippen LogP contribution < -0.4 is 4.74 Å². The molecule has 0 aliphatic carbocycles. The van der Waals surface area contributed by atoms with Crippen LogP contribution in [0.3, 0.4) is 0 Å². The van der Waals surface area contributed by atoms with Gasteiger partial charge in [0.1, 0.15) is 12.4 Å². The van der Waals surface area contributed by atoms with Crippen LogP contribution in [0.15, 0.2) is 24.3 Å². The van der Waals surface area contributed by atoms with Crippen molar-refractivity contribution >= 4 is 5.97 Å². The average Bonchev–Trinajstić information content (AvgIpc) is 2.34. The first-order valence-corrected chi connectivity index (χ1v) is 5.80. The van der Waals surface area contributed by atoms with Gasteiger partial charge in [-0.05, 0) is 26.0 Å². The third kappa shape index (κ3) is 4.48. The van der Waals surface area contributed by atoms with Crippen molar-refractivity contribution in [2.75, 3.05) is 13.2 Å². The maximum Gasteiger partial charge on any atom is 0.379 e. The van der Waals surface area contributed by atoms with E-state index in [4.69, 9.17) is 14.6 Å². The minimum atomic E-state index is -3.92. The van der Waals surface area contributed by atoms with Crippen LogP contribution >= 0.6 is 0 Å². The van der Waals surface area contributed by atoms with Crippen LogP contribution in [-0.2, 0) is 15.5 Å². The number of alkyl halides is 2. The Morgan fingerprint density at radius 2 is 2.05 bits per heavy atom. The number of hydrogen-bond donors (Lipinski definition) is 1. The Balaban J connectivity index is 2.65. The molecule has 0 aromatic heterocycles. The molecule has 1 N–H and O–H groups in total. The summed E-state index contributed by atoms with van der Waals surface area (Å²) in [6.07, 6.45) is 0.0614. The highest BCUT2D eigenvalue weighted by Crippen LogP contribution is 2.30. The van der Waals surface area contributed by atoms with Crippen LogP contribution in [0.25, 0.3) is 0 Å². The summed E-state index contributed by atoms with van der Waals surface area (Å²) in [7, 11) is 0. The molecule has 0 atom stereocenters. The second-order valence-corrected chi connectivity index (χ2v) is 4.18. The molecule has 1 aromatic rings. The van der Waals surface area contributed by atoms with Gasteiger partial charge in [0.05, 0.1) is 12.7 Å². The molecule has 0 fully saturated rings. The van der Waals surface area contributed by atoms with E-state index in [-0.39, 0.29) is 18.5 Å². The van der Waals surface area contributed by atoms with Gasteiger partial charge >= 0.3 is 11.9 Å². The van der Waals surface area contributed by atoms with Gasteiger partial charge in [-0.15, -0.1) is 0 Å². The fourth-order valence-electron chi connectivity index (χ4n) is 1.35. The summed E-state index contributed by atoms with van der Waals surface area (Å²) in [5.74, 6) is -5.92. The Labute approximate surface area is 109 Å². The van der Waals surface area contributed by atoms with Crippen LogP contribution in [0, 0.1) is 0 Å². The van der Waals surface area contributed by atoms with Gasteiger partial charge in [-0.25, -0.2) is 4.79 Å². The smallest absolute Gasteiger partial charge is 0.379 e. The van der Waals surface area contributed by atoms with Crippen molar-refractivity contribution in [3.8, 4) is 5.75 Å². The predicted molar refractivity (Wildman–Crippen MR) is 64.6 cm³/mol. The standard InChI is InChI=1S/C13H16F2O4/c1-9(2)18-6-7-19-11-5-3-4-10(8-11)13(14,15)12(16)17/h3-5,8-9H,6-7H2,1-2H3,(H,16,17). The molecule has 0 saturated heterocycles. The van der Waals surface area contributed by atoms with Crippen LogP contribution in [-0.4, -0.2) is 30.4 Å². The van der Waals surface area contributed by atoms with Gasteiger partial charge in [0.25, 0.3) is 0 Å². The SMILES string of the molecule is CC(C)OCCOc1cccc(C(F)(F)C(=O)O)c1. The number of hydrogen-bond acceptors (Lipinski definition) is 3. The minimum absolute atomic E-state index is 0.0614. The Kier molecular flexibility index (Phi) is 5.23. The van der Waals surface area contributed by atoms with Crippen molar-refractivity contribution < 1.29 is 28.2 Å². The molecular weight excluding hydrogens is 258 g/mol. The van der Waals surface area contributed by atoms with Gasteiger partial charge in [-0.2, -0.15) is 8.78 Å². The van der Waals surface area contributed by atoms with E-state index in [0.717, 1.165) is 12.1 Å². The van der Waals surface area contributed by atoms with Gasteiger partial charge in [0.2, 0.25) is 0 Å². The zero-order valence-electron chi connectivity index (χ0n) is 10.7. The van der Waals surface area contributed by atoms with Crippen molar-refractivity contribution in [1.29, 1.82) is 0 Å². The molecule has 106 valence electrons. The summed E-state index contributed by atoms with van der Waals surface area (Å²) in [4.78, 5) is 10.5. The van der Waals surface area contributed by atoms with Crippen molar-refractivity contribution in [2.45, 2.75) is 25.9 Å². The molecule has 0 saturated carbocycles. The van der Waals surface area contributed by atoms with Crippen LogP contribution in [0.1, 0.15) is 19.4 Å². The van der Waals surface area contributed by atoms with Gasteiger partial charge in [0, 0.05) is 5.56 Å². The summed E-state index contributed by atoms with van der Waals surface area (Å²) in [5.41, 5.74) is -0.609. The molecule has 19 heavy (non-hydrogen) atoms. The summed E-state index contributed by atoms with van der Waals surface area (Å²) < 4.78 is 37.0. The highest BCUT2D eigenvalue weighted by Gasteiger charge is 2.41. The number of carboxylic acid groups (broad SMARTS) is 1. The number of carboxylic acids is 1. The Morgan fingerprint density at radius 3 is 2.63 bits per heavy atom. The zero-order chi connectivity index (χ0) is 14.5. The Hall–Kier alpha value is -1.69. The number of benzene rings is 1. The monoisotopic (exact) mass is 274 g/mol. The molecule has 0 amide bonds. The molecule has 1 rings (SSSR count). The Morgan fingerprint density at radius 1 is 1.37 bits per heavy atom. The third-order valence-electron chi connectivity index (χ3n) is 2.27. The lowest BCUT2D eigenvalue weighted by Gasteiger charge is -2.13.